The summed E-state index contributed by atoms with van der Waals surface area (Å²) in [6.45, 7) is 0.995. The fourth-order valence-electron chi connectivity index (χ4n) is 3.36. The van der Waals surface area contributed by atoms with Gasteiger partial charge in [-0.25, -0.2) is 0 Å². The third-order valence-corrected chi connectivity index (χ3v) is 4.80. The quantitative estimate of drug-likeness (QED) is 0.799. The number of carbonyl (C=O) groups is 2. The fourth-order valence-corrected chi connectivity index (χ4v) is 3.36. The van der Waals surface area contributed by atoms with E-state index in [1.165, 1.54) is 0 Å². The van der Waals surface area contributed by atoms with E-state index in [0.717, 1.165) is 17.5 Å². The highest BCUT2D eigenvalue weighted by atomic mass is 35.5. The Morgan fingerprint density at radius 1 is 1.07 bits per heavy atom. The Bertz CT molecular complexity index is 740. The van der Waals surface area contributed by atoms with E-state index in [9.17, 15) is 9.59 Å². The van der Waals surface area contributed by atoms with E-state index < -0.39 is 6.04 Å². The molecule has 0 spiro atoms. The molecule has 0 aromatic heterocycles. The lowest BCUT2D eigenvalue weighted by molar-refractivity contribution is -0.138. The summed E-state index contributed by atoms with van der Waals surface area (Å²) in [7, 11) is 0. The molecule has 0 bridgehead atoms. The van der Waals surface area contributed by atoms with Crippen molar-refractivity contribution in [2.24, 2.45) is 5.73 Å². The first-order chi connectivity index (χ1) is 12.6. The zero-order valence-electron chi connectivity index (χ0n) is 15.2. The summed E-state index contributed by atoms with van der Waals surface area (Å²) in [6, 6.07) is 18.7. The van der Waals surface area contributed by atoms with Gasteiger partial charge in [-0.05, 0) is 24.0 Å². The van der Waals surface area contributed by atoms with Gasteiger partial charge in [-0.3, -0.25) is 9.59 Å². The maximum absolute atomic E-state index is 12.6. The highest BCUT2D eigenvalue weighted by Gasteiger charge is 2.33. The molecule has 2 aromatic carbocycles. The minimum atomic E-state index is -0.394. The SMILES string of the molecule is Cl.NC(CNC(=O)C1CCCN1C(=O)Cc1ccccc1)c1ccccc1. The number of likely N-dealkylation sites (tertiary alicyclic amines) is 1. The normalized spacial score (nSPS) is 17.1. The first-order valence-electron chi connectivity index (χ1n) is 9.07. The van der Waals surface area contributed by atoms with Crippen molar-refractivity contribution in [1.29, 1.82) is 0 Å². The largest absolute Gasteiger partial charge is 0.352 e. The number of nitrogens with one attached hydrogen (secondary N) is 1. The summed E-state index contributed by atoms with van der Waals surface area (Å²) in [5.41, 5.74) is 8.09. The topological polar surface area (TPSA) is 75.4 Å². The van der Waals surface area contributed by atoms with Gasteiger partial charge in [0.15, 0.2) is 0 Å². The van der Waals surface area contributed by atoms with E-state index in [1.54, 1.807) is 4.90 Å². The van der Waals surface area contributed by atoms with Crippen LogP contribution in [0.3, 0.4) is 0 Å². The van der Waals surface area contributed by atoms with Crippen molar-refractivity contribution in [3.63, 3.8) is 0 Å². The van der Waals surface area contributed by atoms with Crippen LogP contribution in [0.5, 0.6) is 0 Å². The van der Waals surface area contributed by atoms with Crippen molar-refractivity contribution >= 4 is 24.2 Å². The molecule has 27 heavy (non-hydrogen) atoms. The predicted octanol–water partition coefficient (Wildman–Crippen LogP) is 2.46. The standard InChI is InChI=1S/C21H25N3O2.ClH/c22-18(17-10-5-2-6-11-17)15-23-21(26)19-12-7-13-24(19)20(25)14-16-8-3-1-4-9-16;/h1-6,8-11,18-19H,7,12-15,22H2,(H,23,26);1H. The second-order valence-corrected chi connectivity index (χ2v) is 6.67. The van der Waals surface area contributed by atoms with Gasteiger partial charge in [-0.1, -0.05) is 60.7 Å². The molecule has 0 saturated carbocycles. The molecule has 1 saturated heterocycles. The Labute approximate surface area is 166 Å². The zero-order valence-corrected chi connectivity index (χ0v) is 16.0. The van der Waals surface area contributed by atoms with E-state index in [0.29, 0.717) is 25.9 Å². The molecule has 5 nitrogen and oxygen atoms in total. The maximum atomic E-state index is 12.6. The highest BCUT2D eigenvalue weighted by Crippen LogP contribution is 2.19. The molecule has 1 fully saturated rings. The van der Waals surface area contributed by atoms with Crippen molar-refractivity contribution in [1.82, 2.24) is 10.2 Å². The number of benzene rings is 2. The Hall–Kier alpha value is -2.37. The van der Waals surface area contributed by atoms with Crippen molar-refractivity contribution < 1.29 is 9.59 Å². The zero-order chi connectivity index (χ0) is 18.4. The minimum absolute atomic E-state index is 0. The van der Waals surface area contributed by atoms with E-state index in [4.69, 9.17) is 5.73 Å². The second kappa shape index (κ2) is 10.1. The number of hydrogen-bond acceptors (Lipinski definition) is 3. The summed E-state index contributed by atoms with van der Waals surface area (Å²) < 4.78 is 0. The van der Waals surface area contributed by atoms with Gasteiger partial charge in [-0.2, -0.15) is 0 Å². The van der Waals surface area contributed by atoms with Crippen LogP contribution in [0.1, 0.15) is 30.0 Å². The second-order valence-electron chi connectivity index (χ2n) is 6.67. The highest BCUT2D eigenvalue weighted by molar-refractivity contribution is 5.89. The average Bonchev–Trinajstić information content (AvgIpc) is 3.17. The molecule has 1 aliphatic heterocycles. The van der Waals surface area contributed by atoms with Gasteiger partial charge in [-0.15, -0.1) is 12.4 Å². The van der Waals surface area contributed by atoms with Gasteiger partial charge in [0.25, 0.3) is 0 Å². The minimum Gasteiger partial charge on any atom is -0.352 e. The van der Waals surface area contributed by atoms with E-state index in [2.05, 4.69) is 5.32 Å². The number of nitrogens with zero attached hydrogens (tertiary/aromatic N) is 1. The van der Waals surface area contributed by atoms with Crippen LogP contribution < -0.4 is 11.1 Å². The van der Waals surface area contributed by atoms with Crippen LogP contribution in [-0.2, 0) is 16.0 Å². The molecule has 144 valence electrons. The predicted molar refractivity (Wildman–Crippen MR) is 109 cm³/mol. The molecular weight excluding hydrogens is 362 g/mol. The van der Waals surface area contributed by atoms with Crippen LogP contribution in [-0.4, -0.2) is 35.8 Å². The van der Waals surface area contributed by atoms with Crippen LogP contribution in [0, 0.1) is 0 Å². The van der Waals surface area contributed by atoms with Crippen LogP contribution in [0.25, 0.3) is 0 Å². The van der Waals surface area contributed by atoms with Gasteiger partial charge in [0, 0.05) is 19.1 Å². The lowest BCUT2D eigenvalue weighted by Gasteiger charge is -2.25. The van der Waals surface area contributed by atoms with Crippen molar-refractivity contribution in [2.75, 3.05) is 13.1 Å². The average molecular weight is 388 g/mol. The molecule has 2 unspecified atom stereocenters. The summed E-state index contributed by atoms with van der Waals surface area (Å²) >= 11 is 0. The number of carbonyl (C=O) groups excluding carboxylic acids is 2. The van der Waals surface area contributed by atoms with Crippen molar-refractivity contribution in [3.05, 3.63) is 71.8 Å². The number of hydrogen-bond donors (Lipinski definition) is 2. The maximum Gasteiger partial charge on any atom is 0.242 e. The first kappa shape index (κ1) is 20.9. The summed E-state index contributed by atoms with van der Waals surface area (Å²) in [4.78, 5) is 26.9. The van der Waals surface area contributed by atoms with Gasteiger partial charge in [0.2, 0.25) is 11.8 Å². The molecule has 3 N–H and O–H groups in total. The Morgan fingerprint density at radius 2 is 1.70 bits per heavy atom. The Kier molecular flexibility index (Phi) is 7.82. The third kappa shape index (κ3) is 5.55. The van der Waals surface area contributed by atoms with Crippen LogP contribution in [0.4, 0.5) is 0 Å². The number of nitrogens with two attached hydrogens (primary N) is 1. The molecule has 2 aromatic rings. The van der Waals surface area contributed by atoms with Crippen molar-refractivity contribution in [2.45, 2.75) is 31.3 Å². The van der Waals surface area contributed by atoms with Crippen LogP contribution in [0.2, 0.25) is 0 Å². The molecule has 1 heterocycles. The van der Waals surface area contributed by atoms with Crippen LogP contribution >= 0.6 is 12.4 Å². The third-order valence-electron chi connectivity index (χ3n) is 4.80. The molecular formula is C21H26ClN3O2. The molecule has 0 radical (unpaired) electrons. The fraction of sp³-hybridized carbons (Fsp3) is 0.333. The van der Waals surface area contributed by atoms with E-state index in [-0.39, 0.29) is 30.3 Å². The Balaban J connectivity index is 0.00000261. The molecule has 3 rings (SSSR count). The molecule has 2 atom stereocenters. The van der Waals surface area contributed by atoms with E-state index >= 15 is 0 Å². The lowest BCUT2D eigenvalue weighted by Crippen LogP contribution is -2.47. The Morgan fingerprint density at radius 3 is 2.37 bits per heavy atom. The lowest BCUT2D eigenvalue weighted by atomic mass is 10.1. The molecule has 1 aliphatic rings. The number of rotatable bonds is 6. The van der Waals surface area contributed by atoms with E-state index in [1.807, 2.05) is 60.7 Å². The summed E-state index contributed by atoms with van der Waals surface area (Å²) in [5.74, 6) is -0.114. The van der Waals surface area contributed by atoms with Gasteiger partial charge in [0.05, 0.1) is 6.42 Å². The molecule has 0 aliphatic carbocycles. The monoisotopic (exact) mass is 387 g/mol. The van der Waals surface area contributed by atoms with Gasteiger partial charge < -0.3 is 16.0 Å². The number of halogens is 1. The first-order valence-corrected chi connectivity index (χ1v) is 9.07. The van der Waals surface area contributed by atoms with Gasteiger partial charge in [0.1, 0.15) is 6.04 Å². The van der Waals surface area contributed by atoms with Gasteiger partial charge >= 0.3 is 0 Å². The van der Waals surface area contributed by atoms with Crippen LogP contribution in [0.15, 0.2) is 60.7 Å². The molecule has 6 heteroatoms. The molecule has 2 amide bonds. The summed E-state index contributed by atoms with van der Waals surface area (Å²) in [6.07, 6.45) is 1.88. The smallest absolute Gasteiger partial charge is 0.242 e. The van der Waals surface area contributed by atoms with Crippen molar-refractivity contribution in [3.8, 4) is 0 Å². The summed E-state index contributed by atoms with van der Waals surface area (Å²) in [5, 5.41) is 2.91. The number of amides is 2.